The zero-order chi connectivity index (χ0) is 12.1. The molecule has 1 amide bonds. The van der Waals surface area contributed by atoms with Gasteiger partial charge in [-0.15, -0.1) is 12.4 Å². The first-order valence-corrected chi connectivity index (χ1v) is 6.30. The molecule has 1 saturated heterocycles. The van der Waals surface area contributed by atoms with Gasteiger partial charge in [0.2, 0.25) is 5.91 Å². The summed E-state index contributed by atoms with van der Waals surface area (Å²) < 4.78 is 0. The van der Waals surface area contributed by atoms with E-state index in [0.29, 0.717) is 12.6 Å². The van der Waals surface area contributed by atoms with Gasteiger partial charge >= 0.3 is 0 Å². The third-order valence-electron chi connectivity index (χ3n) is 3.30. The summed E-state index contributed by atoms with van der Waals surface area (Å²) in [5, 5.41) is 6.38. The molecule has 1 fully saturated rings. The fraction of sp³-hybridized carbons (Fsp3) is 0.500. The van der Waals surface area contributed by atoms with Crippen LogP contribution in [-0.2, 0) is 11.3 Å². The highest BCUT2D eigenvalue weighted by atomic mass is 35.5. The molecule has 1 aromatic carbocycles. The molecule has 1 aliphatic heterocycles. The third-order valence-corrected chi connectivity index (χ3v) is 3.30. The predicted molar refractivity (Wildman–Crippen MR) is 75.7 cm³/mol. The summed E-state index contributed by atoms with van der Waals surface area (Å²) >= 11 is 0. The van der Waals surface area contributed by atoms with Crippen LogP contribution in [0, 0.1) is 5.92 Å². The van der Waals surface area contributed by atoms with Crippen molar-refractivity contribution in [3.63, 3.8) is 0 Å². The van der Waals surface area contributed by atoms with E-state index < -0.39 is 0 Å². The smallest absolute Gasteiger partial charge is 0.223 e. The van der Waals surface area contributed by atoms with Crippen LogP contribution < -0.4 is 10.6 Å². The number of carbonyl (C=O) groups is 1. The molecule has 0 radical (unpaired) electrons. The molecule has 4 heteroatoms. The second-order valence-electron chi connectivity index (χ2n) is 4.78. The van der Waals surface area contributed by atoms with E-state index in [-0.39, 0.29) is 24.2 Å². The summed E-state index contributed by atoms with van der Waals surface area (Å²) in [6, 6.07) is 10.5. The molecular formula is C14H21ClN2O. The Morgan fingerprint density at radius 1 is 1.39 bits per heavy atom. The van der Waals surface area contributed by atoms with Gasteiger partial charge in [-0.2, -0.15) is 0 Å². The molecule has 0 aromatic heterocycles. The number of halogens is 1. The molecule has 0 bridgehead atoms. The maximum Gasteiger partial charge on any atom is 0.223 e. The molecule has 2 atom stereocenters. The van der Waals surface area contributed by atoms with Gasteiger partial charge in [0, 0.05) is 18.5 Å². The Morgan fingerprint density at radius 3 is 2.78 bits per heavy atom. The minimum absolute atomic E-state index is 0. The number of benzene rings is 1. The average Bonchev–Trinajstić information content (AvgIpc) is 2.37. The van der Waals surface area contributed by atoms with E-state index in [4.69, 9.17) is 0 Å². The maximum atomic E-state index is 12.0. The van der Waals surface area contributed by atoms with Crippen molar-refractivity contribution in [3.8, 4) is 0 Å². The summed E-state index contributed by atoms with van der Waals surface area (Å²) in [5.74, 6) is 0.372. The van der Waals surface area contributed by atoms with E-state index in [1.54, 1.807) is 0 Å². The highest BCUT2D eigenvalue weighted by Gasteiger charge is 2.24. The second-order valence-corrected chi connectivity index (χ2v) is 4.78. The van der Waals surface area contributed by atoms with Crippen molar-refractivity contribution >= 4 is 18.3 Å². The lowest BCUT2D eigenvalue weighted by Crippen LogP contribution is -2.42. The van der Waals surface area contributed by atoms with Crippen LogP contribution in [0.3, 0.4) is 0 Å². The predicted octanol–water partition coefficient (Wildman–Crippen LogP) is 2.11. The van der Waals surface area contributed by atoms with Crippen LogP contribution in [0.5, 0.6) is 0 Å². The van der Waals surface area contributed by atoms with Crippen LogP contribution in [0.15, 0.2) is 30.3 Å². The molecule has 1 aromatic rings. The first-order chi connectivity index (χ1) is 8.25. The maximum absolute atomic E-state index is 12.0. The largest absolute Gasteiger partial charge is 0.352 e. The summed E-state index contributed by atoms with van der Waals surface area (Å²) in [4.78, 5) is 12.0. The Morgan fingerprint density at radius 2 is 2.11 bits per heavy atom. The number of carbonyl (C=O) groups excluding carboxylic acids is 1. The fourth-order valence-corrected chi connectivity index (χ4v) is 2.30. The first kappa shape index (κ1) is 15.0. The summed E-state index contributed by atoms with van der Waals surface area (Å²) in [6.45, 7) is 3.72. The van der Waals surface area contributed by atoms with E-state index in [0.717, 1.165) is 24.9 Å². The molecule has 2 rings (SSSR count). The minimum atomic E-state index is 0. The van der Waals surface area contributed by atoms with Crippen LogP contribution in [0.1, 0.15) is 25.3 Å². The molecule has 100 valence electrons. The van der Waals surface area contributed by atoms with Crippen molar-refractivity contribution in [1.82, 2.24) is 10.6 Å². The van der Waals surface area contributed by atoms with Crippen LogP contribution in [0.2, 0.25) is 0 Å². The van der Waals surface area contributed by atoms with Gasteiger partial charge in [-0.25, -0.2) is 0 Å². The molecule has 2 N–H and O–H groups in total. The molecule has 1 aliphatic rings. The molecule has 3 nitrogen and oxygen atoms in total. The van der Waals surface area contributed by atoms with Crippen LogP contribution >= 0.6 is 12.4 Å². The number of amides is 1. The normalized spacial score (nSPS) is 22.9. The van der Waals surface area contributed by atoms with E-state index in [1.807, 2.05) is 30.3 Å². The number of nitrogens with one attached hydrogen (secondary N) is 2. The number of hydrogen-bond acceptors (Lipinski definition) is 2. The highest BCUT2D eigenvalue weighted by molar-refractivity contribution is 5.85. The van der Waals surface area contributed by atoms with Crippen molar-refractivity contribution in [2.24, 2.45) is 5.92 Å². The van der Waals surface area contributed by atoms with Gasteiger partial charge < -0.3 is 10.6 Å². The topological polar surface area (TPSA) is 41.1 Å². The molecule has 0 aliphatic carbocycles. The highest BCUT2D eigenvalue weighted by Crippen LogP contribution is 2.16. The van der Waals surface area contributed by atoms with Crippen LogP contribution in [0.25, 0.3) is 0 Å². The summed E-state index contributed by atoms with van der Waals surface area (Å²) in [5.41, 5.74) is 1.16. The van der Waals surface area contributed by atoms with Crippen molar-refractivity contribution in [3.05, 3.63) is 35.9 Å². The van der Waals surface area contributed by atoms with Crippen molar-refractivity contribution in [1.29, 1.82) is 0 Å². The molecule has 1 heterocycles. The van der Waals surface area contributed by atoms with Crippen LogP contribution in [0.4, 0.5) is 0 Å². The van der Waals surface area contributed by atoms with Gasteiger partial charge in [0.1, 0.15) is 0 Å². The SMILES string of the molecule is C[C@H]1C[C@@H](C(=O)NCc2ccccc2)CCN1.Cl. The van der Waals surface area contributed by atoms with Gasteiger partial charge in [0.15, 0.2) is 0 Å². The quantitative estimate of drug-likeness (QED) is 0.882. The number of hydrogen-bond donors (Lipinski definition) is 2. The van der Waals surface area contributed by atoms with Crippen molar-refractivity contribution < 1.29 is 4.79 Å². The first-order valence-electron chi connectivity index (χ1n) is 6.30. The molecular weight excluding hydrogens is 248 g/mol. The molecule has 0 spiro atoms. The van der Waals surface area contributed by atoms with Gasteiger partial charge in [0.25, 0.3) is 0 Å². The van der Waals surface area contributed by atoms with E-state index >= 15 is 0 Å². The second kappa shape index (κ2) is 7.39. The third kappa shape index (κ3) is 4.31. The zero-order valence-electron chi connectivity index (χ0n) is 10.7. The summed E-state index contributed by atoms with van der Waals surface area (Å²) in [7, 11) is 0. The fourth-order valence-electron chi connectivity index (χ4n) is 2.30. The standard InChI is InChI=1S/C14H20N2O.ClH/c1-11-9-13(7-8-15-11)14(17)16-10-12-5-3-2-4-6-12;/h2-6,11,13,15H,7-10H2,1H3,(H,16,17);1H/t11-,13-;/m0./s1. The Bertz CT molecular complexity index is 369. The Hall–Kier alpha value is -1.06. The number of piperidine rings is 1. The van der Waals surface area contributed by atoms with Gasteiger partial charge in [-0.3, -0.25) is 4.79 Å². The Kier molecular flexibility index (Phi) is 6.16. The van der Waals surface area contributed by atoms with Crippen molar-refractivity contribution in [2.75, 3.05) is 6.54 Å². The van der Waals surface area contributed by atoms with Gasteiger partial charge in [-0.05, 0) is 31.9 Å². The van der Waals surface area contributed by atoms with Gasteiger partial charge in [0.05, 0.1) is 0 Å². The lowest BCUT2D eigenvalue weighted by atomic mass is 9.92. The van der Waals surface area contributed by atoms with E-state index in [1.165, 1.54) is 0 Å². The summed E-state index contributed by atoms with van der Waals surface area (Å²) in [6.07, 6.45) is 1.89. The van der Waals surface area contributed by atoms with E-state index in [9.17, 15) is 4.79 Å². The molecule has 0 saturated carbocycles. The Balaban J connectivity index is 0.00000162. The lowest BCUT2D eigenvalue weighted by molar-refractivity contribution is -0.126. The number of rotatable bonds is 3. The average molecular weight is 269 g/mol. The Labute approximate surface area is 115 Å². The van der Waals surface area contributed by atoms with Crippen LogP contribution in [-0.4, -0.2) is 18.5 Å². The molecule has 18 heavy (non-hydrogen) atoms. The van der Waals surface area contributed by atoms with E-state index in [2.05, 4.69) is 17.6 Å². The zero-order valence-corrected chi connectivity index (χ0v) is 11.5. The lowest BCUT2D eigenvalue weighted by Gasteiger charge is -2.27. The van der Waals surface area contributed by atoms with Crippen molar-refractivity contribution in [2.45, 2.75) is 32.4 Å². The minimum Gasteiger partial charge on any atom is -0.352 e. The monoisotopic (exact) mass is 268 g/mol. The van der Waals surface area contributed by atoms with Gasteiger partial charge in [-0.1, -0.05) is 30.3 Å². The molecule has 0 unspecified atom stereocenters.